The molecule has 0 aliphatic carbocycles. The molecule has 0 fully saturated rings. The SMILES string of the molecule is Cc1csc(C(C#N)C(=O)c2ccc(-c3ccccc3F)s2)n1. The molecule has 0 bridgehead atoms. The Bertz CT molecular complexity index is 907. The first kappa shape index (κ1) is 15.5. The average molecular weight is 342 g/mol. The van der Waals surface area contributed by atoms with Crippen molar-refractivity contribution < 1.29 is 9.18 Å². The topological polar surface area (TPSA) is 53.8 Å². The van der Waals surface area contributed by atoms with E-state index < -0.39 is 5.92 Å². The maximum absolute atomic E-state index is 13.8. The van der Waals surface area contributed by atoms with Crippen LogP contribution in [0.25, 0.3) is 10.4 Å². The standard InChI is InChI=1S/C17H11FN2OS2/c1-10-9-22-17(20-10)12(8-19)16(21)15-7-6-14(23-15)11-4-2-3-5-13(11)18/h2-7,9,12H,1H3. The van der Waals surface area contributed by atoms with E-state index in [1.807, 2.05) is 18.4 Å². The van der Waals surface area contributed by atoms with Crippen molar-refractivity contribution in [2.24, 2.45) is 0 Å². The molecule has 23 heavy (non-hydrogen) atoms. The lowest BCUT2D eigenvalue weighted by atomic mass is 10.1. The molecule has 0 aliphatic heterocycles. The molecule has 6 heteroatoms. The molecule has 3 aromatic rings. The largest absolute Gasteiger partial charge is 0.291 e. The van der Waals surface area contributed by atoms with Crippen molar-refractivity contribution in [2.45, 2.75) is 12.8 Å². The van der Waals surface area contributed by atoms with Crippen molar-refractivity contribution in [3.8, 4) is 16.5 Å². The summed E-state index contributed by atoms with van der Waals surface area (Å²) >= 11 is 2.49. The zero-order valence-electron chi connectivity index (χ0n) is 12.1. The molecule has 0 saturated heterocycles. The third kappa shape index (κ3) is 3.07. The Morgan fingerprint density at radius 3 is 2.74 bits per heavy atom. The highest BCUT2D eigenvalue weighted by molar-refractivity contribution is 7.17. The van der Waals surface area contributed by atoms with Crippen molar-refractivity contribution >= 4 is 28.5 Å². The Balaban J connectivity index is 1.92. The first-order valence-corrected chi connectivity index (χ1v) is 8.50. The summed E-state index contributed by atoms with van der Waals surface area (Å²) in [6, 6.07) is 11.8. The van der Waals surface area contributed by atoms with Gasteiger partial charge in [-0.05, 0) is 25.1 Å². The van der Waals surface area contributed by atoms with Crippen LogP contribution in [0.1, 0.15) is 26.3 Å². The number of aryl methyl sites for hydroxylation is 1. The van der Waals surface area contributed by atoms with Crippen molar-refractivity contribution in [2.75, 3.05) is 0 Å². The van der Waals surface area contributed by atoms with E-state index in [4.69, 9.17) is 0 Å². The fourth-order valence-corrected chi connectivity index (χ4v) is 3.99. The first-order chi connectivity index (χ1) is 11.1. The van der Waals surface area contributed by atoms with Crippen molar-refractivity contribution in [1.29, 1.82) is 5.26 Å². The Hall–Kier alpha value is -2.36. The number of nitriles is 1. The summed E-state index contributed by atoms with van der Waals surface area (Å²) in [7, 11) is 0. The second-order valence-corrected chi connectivity index (χ2v) is 6.87. The van der Waals surface area contributed by atoms with Crippen LogP contribution in [0.15, 0.2) is 41.8 Å². The molecule has 2 heterocycles. The summed E-state index contributed by atoms with van der Waals surface area (Å²) in [5, 5.41) is 11.6. The van der Waals surface area contributed by atoms with Gasteiger partial charge in [-0.3, -0.25) is 4.79 Å². The summed E-state index contributed by atoms with van der Waals surface area (Å²) < 4.78 is 13.8. The molecule has 0 saturated carbocycles. The Kier molecular flexibility index (Phi) is 4.33. The molecule has 0 amide bonds. The van der Waals surface area contributed by atoms with E-state index in [1.54, 1.807) is 30.3 Å². The number of hydrogen-bond acceptors (Lipinski definition) is 5. The van der Waals surface area contributed by atoms with E-state index >= 15 is 0 Å². The van der Waals surface area contributed by atoms with Gasteiger partial charge in [0.2, 0.25) is 0 Å². The summed E-state index contributed by atoms with van der Waals surface area (Å²) in [4.78, 5) is 17.9. The predicted octanol–water partition coefficient (Wildman–Crippen LogP) is 4.81. The molecule has 2 aromatic heterocycles. The Morgan fingerprint density at radius 2 is 2.09 bits per heavy atom. The molecule has 0 N–H and O–H groups in total. The molecule has 1 unspecified atom stereocenters. The van der Waals surface area contributed by atoms with Gasteiger partial charge in [0, 0.05) is 21.5 Å². The zero-order chi connectivity index (χ0) is 16.4. The number of nitrogens with zero attached hydrogens (tertiary/aromatic N) is 2. The van der Waals surface area contributed by atoms with Crippen LogP contribution >= 0.6 is 22.7 Å². The molecule has 3 rings (SSSR count). The van der Waals surface area contributed by atoms with Gasteiger partial charge >= 0.3 is 0 Å². The van der Waals surface area contributed by atoms with Gasteiger partial charge in [0.05, 0.1) is 10.9 Å². The van der Waals surface area contributed by atoms with E-state index in [0.29, 0.717) is 20.3 Å². The first-order valence-electron chi connectivity index (χ1n) is 6.80. The number of halogens is 1. The van der Waals surface area contributed by atoms with Gasteiger partial charge in [0.1, 0.15) is 10.8 Å². The summed E-state index contributed by atoms with van der Waals surface area (Å²) in [5.41, 5.74) is 1.24. The average Bonchev–Trinajstić information content (AvgIpc) is 3.18. The maximum atomic E-state index is 13.8. The molecule has 1 aromatic carbocycles. The van der Waals surface area contributed by atoms with Gasteiger partial charge in [0.15, 0.2) is 11.7 Å². The number of Topliss-reactive ketones (excluding diaryl/α,β-unsaturated/α-hetero) is 1. The van der Waals surface area contributed by atoms with Gasteiger partial charge in [-0.25, -0.2) is 9.37 Å². The molecular formula is C17H11FN2OS2. The number of carbonyl (C=O) groups is 1. The summed E-state index contributed by atoms with van der Waals surface area (Å²) in [5.74, 6) is -1.55. The zero-order valence-corrected chi connectivity index (χ0v) is 13.7. The van der Waals surface area contributed by atoms with E-state index in [9.17, 15) is 14.4 Å². The Morgan fingerprint density at radius 1 is 1.30 bits per heavy atom. The van der Waals surface area contributed by atoms with Crippen molar-refractivity contribution in [1.82, 2.24) is 4.98 Å². The third-order valence-electron chi connectivity index (χ3n) is 3.26. The van der Waals surface area contributed by atoms with Crippen LogP contribution in [0, 0.1) is 24.1 Å². The van der Waals surface area contributed by atoms with Crippen molar-refractivity contribution in [3.05, 3.63) is 63.2 Å². The quantitative estimate of drug-likeness (QED) is 0.639. The van der Waals surface area contributed by atoms with E-state index in [0.717, 1.165) is 5.69 Å². The van der Waals surface area contributed by atoms with Crippen molar-refractivity contribution in [3.63, 3.8) is 0 Å². The lowest BCUT2D eigenvalue weighted by molar-refractivity contribution is 0.0982. The van der Waals surface area contributed by atoms with Crippen LogP contribution in [0.5, 0.6) is 0 Å². The molecule has 1 atom stereocenters. The molecule has 3 nitrogen and oxygen atoms in total. The second-order valence-electron chi connectivity index (χ2n) is 4.90. The van der Waals surface area contributed by atoms with Crippen LogP contribution in [-0.2, 0) is 0 Å². The fraction of sp³-hybridized carbons (Fsp3) is 0.118. The summed E-state index contributed by atoms with van der Waals surface area (Å²) in [6.07, 6.45) is 0. The minimum atomic E-state index is -0.916. The van der Waals surface area contributed by atoms with Crippen LogP contribution in [0.2, 0.25) is 0 Å². The predicted molar refractivity (Wildman–Crippen MR) is 89.2 cm³/mol. The number of benzene rings is 1. The van der Waals surface area contributed by atoms with Crippen LogP contribution in [0.3, 0.4) is 0 Å². The molecule has 0 radical (unpaired) electrons. The fourth-order valence-electron chi connectivity index (χ4n) is 2.15. The van der Waals surface area contributed by atoms with E-state index in [1.165, 1.54) is 28.7 Å². The highest BCUT2D eigenvalue weighted by Gasteiger charge is 2.26. The molecule has 0 spiro atoms. The number of rotatable bonds is 4. The van der Waals surface area contributed by atoms with Crippen LogP contribution in [0.4, 0.5) is 4.39 Å². The number of aromatic nitrogens is 1. The lowest BCUT2D eigenvalue weighted by Gasteiger charge is -2.02. The van der Waals surface area contributed by atoms with Gasteiger partial charge in [-0.2, -0.15) is 5.26 Å². The Labute approximate surface area is 140 Å². The van der Waals surface area contributed by atoms with E-state index in [-0.39, 0.29) is 11.6 Å². The summed E-state index contributed by atoms with van der Waals surface area (Å²) in [6.45, 7) is 1.82. The number of ketones is 1. The molecular weight excluding hydrogens is 331 g/mol. The minimum Gasteiger partial charge on any atom is -0.291 e. The lowest BCUT2D eigenvalue weighted by Crippen LogP contribution is -2.09. The second kappa shape index (κ2) is 6.41. The monoisotopic (exact) mass is 342 g/mol. The highest BCUT2D eigenvalue weighted by atomic mass is 32.1. The van der Waals surface area contributed by atoms with Gasteiger partial charge in [-0.1, -0.05) is 18.2 Å². The number of thiophene rings is 1. The highest BCUT2D eigenvalue weighted by Crippen LogP contribution is 2.33. The number of thiazole rings is 1. The third-order valence-corrected chi connectivity index (χ3v) is 5.42. The number of carbonyl (C=O) groups excluding carboxylic acids is 1. The van der Waals surface area contributed by atoms with Crippen LogP contribution in [-0.4, -0.2) is 10.8 Å². The molecule has 0 aliphatic rings. The smallest absolute Gasteiger partial charge is 0.196 e. The molecule has 114 valence electrons. The maximum Gasteiger partial charge on any atom is 0.196 e. The van der Waals surface area contributed by atoms with Gasteiger partial charge in [0.25, 0.3) is 0 Å². The van der Waals surface area contributed by atoms with Gasteiger partial charge < -0.3 is 0 Å². The number of hydrogen-bond donors (Lipinski definition) is 0. The van der Waals surface area contributed by atoms with Crippen LogP contribution < -0.4 is 0 Å². The normalized spacial score (nSPS) is 11.9. The van der Waals surface area contributed by atoms with Gasteiger partial charge in [-0.15, -0.1) is 22.7 Å². The minimum absolute atomic E-state index is 0.297. The van der Waals surface area contributed by atoms with E-state index in [2.05, 4.69) is 4.98 Å².